The van der Waals surface area contributed by atoms with E-state index in [0.717, 1.165) is 46.0 Å². The number of rotatable bonds is 9. The van der Waals surface area contributed by atoms with Crippen LogP contribution in [0.5, 0.6) is 0 Å². The molecule has 210 valence electrons. The van der Waals surface area contributed by atoms with Crippen LogP contribution in [-0.4, -0.2) is 43.1 Å². The van der Waals surface area contributed by atoms with Crippen LogP contribution in [0.2, 0.25) is 0 Å². The smallest absolute Gasteiger partial charge is 0.335 e. The molecule has 4 aromatic rings. The van der Waals surface area contributed by atoms with E-state index >= 15 is 0 Å². The van der Waals surface area contributed by atoms with E-state index in [2.05, 4.69) is 38.1 Å². The number of amides is 1. The summed E-state index contributed by atoms with van der Waals surface area (Å²) >= 11 is 5.82. The number of carbonyl (C=O) groups excluding carboxylic acids is 1. The Balaban J connectivity index is 1.48. The average Bonchev–Trinajstić information content (AvgIpc) is 3.46. The number of nitrogens with one attached hydrogen (secondary N) is 2. The molecule has 2 atom stereocenters. The highest BCUT2D eigenvalue weighted by atomic mass is 32.1. The van der Waals surface area contributed by atoms with E-state index in [9.17, 15) is 14.7 Å². The molecule has 9 heteroatoms. The zero-order valence-corrected chi connectivity index (χ0v) is 24.1. The lowest BCUT2D eigenvalue weighted by Crippen LogP contribution is -2.33. The number of carbonyl (C=O) groups is 2. The molecule has 1 aliphatic rings. The van der Waals surface area contributed by atoms with E-state index in [1.807, 2.05) is 62.4 Å². The normalized spacial score (nSPS) is 16.5. The van der Waals surface area contributed by atoms with Crippen molar-refractivity contribution in [2.45, 2.75) is 45.7 Å². The van der Waals surface area contributed by atoms with Gasteiger partial charge in [-0.25, -0.2) is 4.79 Å². The molecule has 1 fully saturated rings. The number of benzene rings is 2. The van der Waals surface area contributed by atoms with Gasteiger partial charge in [0.1, 0.15) is 0 Å². The van der Waals surface area contributed by atoms with Gasteiger partial charge in [0, 0.05) is 41.9 Å². The highest BCUT2D eigenvalue weighted by Crippen LogP contribution is 2.41. The van der Waals surface area contributed by atoms with Crippen LogP contribution in [0.1, 0.15) is 64.0 Å². The van der Waals surface area contributed by atoms with Crippen LogP contribution >= 0.6 is 12.2 Å². The summed E-state index contributed by atoms with van der Waals surface area (Å²) in [6.07, 6.45) is 2.85. The van der Waals surface area contributed by atoms with Gasteiger partial charge >= 0.3 is 5.97 Å². The van der Waals surface area contributed by atoms with Crippen molar-refractivity contribution in [3.05, 3.63) is 113 Å². The number of thiocarbonyl (C=S) groups is 1. The topological polar surface area (TPSA) is 99.5 Å². The Morgan fingerprint density at radius 1 is 1.05 bits per heavy atom. The van der Waals surface area contributed by atoms with Gasteiger partial charge in [-0.1, -0.05) is 37.3 Å². The van der Waals surface area contributed by atoms with E-state index < -0.39 is 5.97 Å². The summed E-state index contributed by atoms with van der Waals surface area (Å²) in [5, 5.41) is 16.6. The second kappa shape index (κ2) is 11.9. The molecule has 41 heavy (non-hydrogen) atoms. The fourth-order valence-electron chi connectivity index (χ4n) is 5.63. The van der Waals surface area contributed by atoms with Crippen molar-refractivity contribution in [3.8, 4) is 5.69 Å². The summed E-state index contributed by atoms with van der Waals surface area (Å²) in [6, 6.07) is 22.2. The lowest BCUT2D eigenvalue weighted by molar-refractivity contribution is -0.116. The van der Waals surface area contributed by atoms with Crippen LogP contribution in [0.4, 0.5) is 5.69 Å². The second-order valence-corrected chi connectivity index (χ2v) is 10.5. The third-order valence-corrected chi connectivity index (χ3v) is 7.94. The minimum Gasteiger partial charge on any atom is -0.478 e. The van der Waals surface area contributed by atoms with E-state index in [-0.39, 0.29) is 30.0 Å². The third kappa shape index (κ3) is 5.71. The second-order valence-electron chi connectivity index (χ2n) is 10.1. The van der Waals surface area contributed by atoms with E-state index in [0.29, 0.717) is 11.7 Å². The zero-order chi connectivity index (χ0) is 29.1. The standard InChI is InChI=1S/C32H33N5O3S/c1-4-22-10-5-6-13-26(22)34-28(38)15-17-36-30(29(35-32(36)41)27-14-7-8-16-33-27)25-18-20(2)37(21(25)3)24-12-9-11-23(19-24)31(39)40/h5-14,16,18-19,29-30H,4,15,17H2,1-3H3,(H,34,38)(H,35,41)(H,39,40)/t29-,30+/m1/s1. The molecule has 5 rings (SSSR count). The molecule has 8 nitrogen and oxygen atoms in total. The highest BCUT2D eigenvalue weighted by molar-refractivity contribution is 7.80. The maximum absolute atomic E-state index is 13.1. The van der Waals surface area contributed by atoms with Crippen LogP contribution in [-0.2, 0) is 11.2 Å². The van der Waals surface area contributed by atoms with Crippen LogP contribution in [0, 0.1) is 13.8 Å². The van der Waals surface area contributed by atoms with Gasteiger partial charge in [-0.2, -0.15) is 0 Å². The Bertz CT molecular complexity index is 1600. The Morgan fingerprint density at radius 2 is 1.83 bits per heavy atom. The molecule has 1 saturated heterocycles. The predicted molar refractivity (Wildman–Crippen MR) is 163 cm³/mol. The molecule has 0 spiro atoms. The number of aryl methyl sites for hydroxylation is 2. The maximum Gasteiger partial charge on any atom is 0.335 e. The summed E-state index contributed by atoms with van der Waals surface area (Å²) < 4.78 is 2.06. The quantitative estimate of drug-likeness (QED) is 0.222. The monoisotopic (exact) mass is 567 g/mol. The highest BCUT2D eigenvalue weighted by Gasteiger charge is 2.41. The van der Waals surface area contributed by atoms with Crippen molar-refractivity contribution in [3.63, 3.8) is 0 Å². The van der Waals surface area contributed by atoms with Crippen molar-refractivity contribution in [1.29, 1.82) is 0 Å². The molecule has 0 unspecified atom stereocenters. The first kappa shape index (κ1) is 28.0. The molecular weight excluding hydrogens is 534 g/mol. The van der Waals surface area contributed by atoms with Gasteiger partial charge < -0.3 is 25.2 Å². The number of carboxylic acids is 1. The number of pyridine rings is 1. The molecule has 0 bridgehead atoms. The van der Waals surface area contributed by atoms with Gasteiger partial charge in [0.15, 0.2) is 5.11 Å². The van der Waals surface area contributed by atoms with E-state index in [1.165, 1.54) is 0 Å². The van der Waals surface area contributed by atoms with E-state index in [1.54, 1.807) is 24.4 Å². The molecule has 3 heterocycles. The van der Waals surface area contributed by atoms with Crippen molar-refractivity contribution >= 4 is 34.9 Å². The lowest BCUT2D eigenvalue weighted by atomic mass is 9.96. The lowest BCUT2D eigenvalue weighted by Gasteiger charge is -2.28. The molecule has 0 aliphatic carbocycles. The van der Waals surface area contributed by atoms with Crippen molar-refractivity contribution in [2.24, 2.45) is 0 Å². The first-order valence-electron chi connectivity index (χ1n) is 13.7. The molecule has 2 aromatic carbocycles. The first-order chi connectivity index (χ1) is 19.8. The predicted octanol–water partition coefficient (Wildman–Crippen LogP) is 5.75. The number of anilines is 1. The summed E-state index contributed by atoms with van der Waals surface area (Å²) in [7, 11) is 0. The number of aromatic carboxylic acids is 1. The van der Waals surface area contributed by atoms with Gasteiger partial charge in [0.2, 0.25) is 5.91 Å². The fraction of sp³-hybridized carbons (Fsp3) is 0.250. The van der Waals surface area contributed by atoms with Gasteiger partial charge in [-0.15, -0.1) is 0 Å². The first-order valence-corrected chi connectivity index (χ1v) is 14.1. The van der Waals surface area contributed by atoms with Gasteiger partial charge in [-0.05, 0) is 86.1 Å². The molecule has 2 aromatic heterocycles. The Labute approximate surface area is 245 Å². The maximum atomic E-state index is 13.1. The number of para-hydroxylation sites is 1. The van der Waals surface area contributed by atoms with Crippen LogP contribution < -0.4 is 10.6 Å². The summed E-state index contributed by atoms with van der Waals surface area (Å²) in [4.78, 5) is 31.4. The molecule has 1 amide bonds. The number of carboxylic acid groups (broad SMARTS) is 1. The molecule has 0 saturated carbocycles. The Hall–Kier alpha value is -4.50. The number of aromatic nitrogens is 2. The van der Waals surface area contributed by atoms with Gasteiger partial charge in [0.05, 0.1) is 23.3 Å². The van der Waals surface area contributed by atoms with Crippen molar-refractivity contribution in [1.82, 2.24) is 19.8 Å². The van der Waals surface area contributed by atoms with Crippen molar-refractivity contribution in [2.75, 3.05) is 11.9 Å². The number of hydrogen-bond donors (Lipinski definition) is 3. The molecular formula is C32H33N5O3S. The van der Waals surface area contributed by atoms with Crippen molar-refractivity contribution < 1.29 is 14.7 Å². The summed E-state index contributed by atoms with van der Waals surface area (Å²) in [5.74, 6) is -1.05. The number of nitrogens with zero attached hydrogens (tertiary/aromatic N) is 3. The van der Waals surface area contributed by atoms with E-state index in [4.69, 9.17) is 12.2 Å². The minimum atomic E-state index is -0.971. The summed E-state index contributed by atoms with van der Waals surface area (Å²) in [6.45, 7) is 6.51. The molecule has 0 radical (unpaired) electrons. The number of hydrogen-bond acceptors (Lipinski definition) is 4. The molecule has 1 aliphatic heterocycles. The molecule has 3 N–H and O–H groups in total. The summed E-state index contributed by atoms with van der Waals surface area (Å²) in [5.41, 5.74) is 6.73. The van der Waals surface area contributed by atoms with Gasteiger partial charge in [-0.3, -0.25) is 9.78 Å². The van der Waals surface area contributed by atoms with Crippen LogP contribution in [0.15, 0.2) is 79.0 Å². The third-order valence-electron chi connectivity index (χ3n) is 7.59. The Kier molecular flexibility index (Phi) is 8.16. The SMILES string of the molecule is CCc1ccccc1NC(=O)CCN1C(=S)N[C@H](c2ccccn2)[C@@H]1c1cc(C)n(-c2cccc(C(=O)O)c2)c1C. The average molecular weight is 568 g/mol. The largest absolute Gasteiger partial charge is 0.478 e. The van der Waals surface area contributed by atoms with Gasteiger partial charge in [0.25, 0.3) is 0 Å². The Morgan fingerprint density at radius 3 is 2.56 bits per heavy atom. The minimum absolute atomic E-state index is 0.0790. The zero-order valence-electron chi connectivity index (χ0n) is 23.3. The van der Waals surface area contributed by atoms with Crippen LogP contribution in [0.25, 0.3) is 5.69 Å². The fourth-order valence-corrected chi connectivity index (χ4v) is 5.96. The van der Waals surface area contributed by atoms with Crippen LogP contribution in [0.3, 0.4) is 0 Å².